The van der Waals surface area contributed by atoms with E-state index in [4.69, 9.17) is 4.52 Å². The van der Waals surface area contributed by atoms with Crippen molar-refractivity contribution in [3.8, 4) is 0 Å². The smallest absolute Gasteiger partial charge is 0.276 e. The molecule has 0 bridgehead atoms. The van der Waals surface area contributed by atoms with Crippen molar-refractivity contribution < 1.29 is 14.1 Å². The predicted octanol–water partition coefficient (Wildman–Crippen LogP) is 2.64. The number of carbonyl (C=O) groups is 2. The van der Waals surface area contributed by atoms with Crippen LogP contribution in [-0.2, 0) is 17.8 Å². The molecule has 7 nitrogen and oxygen atoms in total. The van der Waals surface area contributed by atoms with Gasteiger partial charge in [-0.3, -0.25) is 14.6 Å². The van der Waals surface area contributed by atoms with Crippen LogP contribution in [-0.4, -0.2) is 33.4 Å². The number of amides is 2. The molecule has 1 atom stereocenters. The first-order valence-electron chi connectivity index (χ1n) is 9.04. The van der Waals surface area contributed by atoms with Crippen molar-refractivity contribution in [1.29, 1.82) is 0 Å². The van der Waals surface area contributed by atoms with Crippen molar-refractivity contribution in [2.24, 2.45) is 0 Å². The summed E-state index contributed by atoms with van der Waals surface area (Å²) in [5.74, 6) is 0.562. The number of rotatable bonds is 6. The molecule has 0 radical (unpaired) electrons. The van der Waals surface area contributed by atoms with Gasteiger partial charge in [-0.05, 0) is 30.9 Å². The van der Waals surface area contributed by atoms with Crippen LogP contribution >= 0.6 is 0 Å². The fraction of sp³-hybridized carbons (Fsp3) is 0.474. The molecule has 26 heavy (non-hydrogen) atoms. The first-order valence-corrected chi connectivity index (χ1v) is 9.04. The number of nitrogens with zero attached hydrogens (tertiary/aromatic N) is 3. The standard InChI is InChI=1S/C19H24N4O3/c1-3-5-15-10-17(22-26-15)19(25)23-9-4-6-18(23)16-8-7-14(12-21-16)11-20-13(2)24/h7-8,10,12,18H,3-6,9,11H2,1-2H3,(H,20,24)/t18-/m0/s1. The first kappa shape index (κ1) is 18.1. The number of pyridine rings is 1. The summed E-state index contributed by atoms with van der Waals surface area (Å²) in [7, 11) is 0. The fourth-order valence-electron chi connectivity index (χ4n) is 3.21. The topological polar surface area (TPSA) is 88.3 Å². The van der Waals surface area contributed by atoms with Crippen molar-refractivity contribution >= 4 is 11.8 Å². The Labute approximate surface area is 152 Å². The zero-order valence-corrected chi connectivity index (χ0v) is 15.2. The van der Waals surface area contributed by atoms with Crippen LogP contribution in [0.1, 0.15) is 66.7 Å². The van der Waals surface area contributed by atoms with Gasteiger partial charge in [0.1, 0.15) is 5.76 Å². The molecular weight excluding hydrogens is 332 g/mol. The van der Waals surface area contributed by atoms with E-state index in [0.29, 0.717) is 18.8 Å². The van der Waals surface area contributed by atoms with Crippen molar-refractivity contribution in [3.05, 3.63) is 47.1 Å². The van der Waals surface area contributed by atoms with Crippen LogP contribution in [0, 0.1) is 0 Å². The number of hydrogen-bond acceptors (Lipinski definition) is 5. The molecule has 3 heterocycles. The summed E-state index contributed by atoms with van der Waals surface area (Å²) in [5, 5.41) is 6.69. The van der Waals surface area contributed by atoms with Gasteiger partial charge in [0.15, 0.2) is 5.69 Å². The molecule has 0 spiro atoms. The summed E-state index contributed by atoms with van der Waals surface area (Å²) in [4.78, 5) is 30.2. The molecule has 1 aliphatic heterocycles. The van der Waals surface area contributed by atoms with Crippen LogP contribution in [0.25, 0.3) is 0 Å². The van der Waals surface area contributed by atoms with Gasteiger partial charge in [0.05, 0.1) is 11.7 Å². The van der Waals surface area contributed by atoms with Crippen LogP contribution < -0.4 is 5.32 Å². The van der Waals surface area contributed by atoms with Gasteiger partial charge in [0.2, 0.25) is 5.91 Å². The molecule has 0 aromatic carbocycles. The van der Waals surface area contributed by atoms with Gasteiger partial charge in [-0.1, -0.05) is 18.1 Å². The van der Waals surface area contributed by atoms with Gasteiger partial charge in [0.25, 0.3) is 5.91 Å². The second-order valence-electron chi connectivity index (χ2n) is 6.59. The Morgan fingerprint density at radius 2 is 2.23 bits per heavy atom. The van der Waals surface area contributed by atoms with Crippen LogP contribution in [0.15, 0.2) is 28.9 Å². The molecule has 2 aromatic heterocycles. The Kier molecular flexibility index (Phi) is 5.65. The van der Waals surface area contributed by atoms with E-state index in [9.17, 15) is 9.59 Å². The maximum Gasteiger partial charge on any atom is 0.276 e. The van der Waals surface area contributed by atoms with E-state index in [1.54, 1.807) is 12.3 Å². The van der Waals surface area contributed by atoms with E-state index < -0.39 is 0 Å². The van der Waals surface area contributed by atoms with Gasteiger partial charge in [0, 0.05) is 38.7 Å². The third-order valence-corrected chi connectivity index (χ3v) is 4.52. The summed E-state index contributed by atoms with van der Waals surface area (Å²) in [6.07, 6.45) is 5.29. The summed E-state index contributed by atoms with van der Waals surface area (Å²) in [6, 6.07) is 5.56. The Morgan fingerprint density at radius 3 is 2.92 bits per heavy atom. The van der Waals surface area contributed by atoms with E-state index in [-0.39, 0.29) is 17.9 Å². The Bertz CT molecular complexity index is 769. The van der Waals surface area contributed by atoms with E-state index >= 15 is 0 Å². The highest BCUT2D eigenvalue weighted by molar-refractivity contribution is 5.92. The lowest BCUT2D eigenvalue weighted by Crippen LogP contribution is -2.31. The number of aryl methyl sites for hydroxylation is 1. The van der Waals surface area contributed by atoms with Gasteiger partial charge >= 0.3 is 0 Å². The minimum absolute atomic E-state index is 0.0522. The molecule has 1 fully saturated rings. The summed E-state index contributed by atoms with van der Waals surface area (Å²) < 4.78 is 5.24. The number of hydrogen-bond donors (Lipinski definition) is 1. The van der Waals surface area contributed by atoms with E-state index in [2.05, 4.69) is 22.4 Å². The van der Waals surface area contributed by atoms with Gasteiger partial charge in [-0.25, -0.2) is 0 Å². The van der Waals surface area contributed by atoms with Crippen LogP contribution in [0.4, 0.5) is 0 Å². The summed E-state index contributed by atoms with van der Waals surface area (Å²) in [6.45, 7) is 4.69. The van der Waals surface area contributed by atoms with Gasteiger partial charge < -0.3 is 14.7 Å². The molecule has 2 amide bonds. The van der Waals surface area contributed by atoms with Crippen molar-refractivity contribution in [3.63, 3.8) is 0 Å². The van der Waals surface area contributed by atoms with Crippen molar-refractivity contribution in [2.45, 2.75) is 52.1 Å². The average molecular weight is 356 g/mol. The quantitative estimate of drug-likeness (QED) is 0.859. The van der Waals surface area contributed by atoms with Crippen LogP contribution in [0.2, 0.25) is 0 Å². The second-order valence-corrected chi connectivity index (χ2v) is 6.59. The zero-order chi connectivity index (χ0) is 18.5. The van der Waals surface area contributed by atoms with Gasteiger partial charge in [-0.2, -0.15) is 0 Å². The second kappa shape index (κ2) is 8.12. The third-order valence-electron chi connectivity index (χ3n) is 4.52. The van der Waals surface area contributed by atoms with E-state index in [1.807, 2.05) is 17.0 Å². The normalized spacial score (nSPS) is 16.7. The van der Waals surface area contributed by atoms with Gasteiger partial charge in [-0.15, -0.1) is 0 Å². The fourth-order valence-corrected chi connectivity index (χ4v) is 3.21. The lowest BCUT2D eigenvalue weighted by Gasteiger charge is -2.23. The lowest BCUT2D eigenvalue weighted by molar-refractivity contribution is -0.119. The molecule has 0 saturated carbocycles. The molecule has 0 aliphatic carbocycles. The minimum atomic E-state index is -0.109. The molecule has 1 N–H and O–H groups in total. The predicted molar refractivity (Wildman–Crippen MR) is 95.3 cm³/mol. The number of nitrogens with one attached hydrogen (secondary N) is 1. The highest BCUT2D eigenvalue weighted by Gasteiger charge is 2.32. The molecule has 0 unspecified atom stereocenters. The van der Waals surface area contributed by atoms with Crippen LogP contribution in [0.3, 0.4) is 0 Å². The lowest BCUT2D eigenvalue weighted by atomic mass is 10.1. The molecule has 138 valence electrons. The maximum absolute atomic E-state index is 12.8. The van der Waals surface area contributed by atoms with E-state index in [0.717, 1.165) is 42.7 Å². The molecule has 3 rings (SSSR count). The zero-order valence-electron chi connectivity index (χ0n) is 15.2. The highest BCUT2D eigenvalue weighted by Crippen LogP contribution is 2.32. The first-order chi connectivity index (χ1) is 12.6. The minimum Gasteiger partial charge on any atom is -0.361 e. The molecular formula is C19H24N4O3. The number of likely N-dealkylation sites (tertiary alicyclic amines) is 1. The maximum atomic E-state index is 12.8. The molecule has 2 aromatic rings. The average Bonchev–Trinajstić information content (AvgIpc) is 3.30. The van der Waals surface area contributed by atoms with Crippen molar-refractivity contribution in [1.82, 2.24) is 20.4 Å². The van der Waals surface area contributed by atoms with E-state index in [1.165, 1.54) is 6.92 Å². The SMILES string of the molecule is CCCc1cc(C(=O)N2CCC[C@H]2c2ccc(CNC(C)=O)cn2)no1. The summed E-state index contributed by atoms with van der Waals surface area (Å²) in [5.41, 5.74) is 2.16. The van der Waals surface area contributed by atoms with Crippen molar-refractivity contribution in [2.75, 3.05) is 6.54 Å². The Morgan fingerprint density at radius 1 is 1.38 bits per heavy atom. The third kappa shape index (κ3) is 4.09. The largest absolute Gasteiger partial charge is 0.361 e. The monoisotopic (exact) mass is 356 g/mol. The molecule has 1 saturated heterocycles. The Balaban J connectivity index is 1.70. The summed E-state index contributed by atoms with van der Waals surface area (Å²) >= 11 is 0. The van der Waals surface area contributed by atoms with Crippen LogP contribution in [0.5, 0.6) is 0 Å². The Hall–Kier alpha value is -2.70. The highest BCUT2D eigenvalue weighted by atomic mass is 16.5. The number of carbonyl (C=O) groups excluding carboxylic acids is 2. The molecule has 1 aliphatic rings. The molecule has 7 heteroatoms. The number of aromatic nitrogens is 2.